The summed E-state index contributed by atoms with van der Waals surface area (Å²) in [6.07, 6.45) is 1.17. The van der Waals surface area contributed by atoms with Crippen molar-refractivity contribution in [2.75, 3.05) is 5.32 Å². The summed E-state index contributed by atoms with van der Waals surface area (Å²) in [6.45, 7) is 0. The first-order chi connectivity index (χ1) is 12.4. The summed E-state index contributed by atoms with van der Waals surface area (Å²) < 4.78 is 37.9. The summed E-state index contributed by atoms with van der Waals surface area (Å²) in [7, 11) is -3.80. The first kappa shape index (κ1) is 18.0. The number of sulfone groups is 1. The van der Waals surface area contributed by atoms with Gasteiger partial charge in [0.1, 0.15) is 5.82 Å². The van der Waals surface area contributed by atoms with E-state index in [1.165, 1.54) is 66.9 Å². The van der Waals surface area contributed by atoms with Crippen LogP contribution in [0, 0.1) is 5.82 Å². The lowest BCUT2D eigenvalue weighted by Crippen LogP contribution is -2.13. The minimum atomic E-state index is -3.80. The molecule has 0 aliphatic heterocycles. The predicted octanol–water partition coefficient (Wildman–Crippen LogP) is 3.96. The zero-order chi connectivity index (χ0) is 18.7. The quantitative estimate of drug-likeness (QED) is 0.731. The maximum atomic E-state index is 12.9. The summed E-state index contributed by atoms with van der Waals surface area (Å²) in [4.78, 5) is 16.1. The molecule has 1 aromatic heterocycles. The van der Waals surface area contributed by atoms with Crippen molar-refractivity contribution in [2.24, 2.45) is 0 Å². The van der Waals surface area contributed by atoms with Crippen LogP contribution < -0.4 is 5.32 Å². The van der Waals surface area contributed by atoms with Gasteiger partial charge in [-0.25, -0.2) is 17.8 Å². The topological polar surface area (TPSA) is 76.1 Å². The van der Waals surface area contributed by atoms with Gasteiger partial charge in [0.05, 0.1) is 10.5 Å². The number of rotatable bonds is 4. The maximum absolute atomic E-state index is 12.9. The molecule has 0 atom stereocenters. The minimum absolute atomic E-state index is 0.0536. The molecule has 0 saturated carbocycles. The van der Waals surface area contributed by atoms with E-state index in [4.69, 9.17) is 11.6 Å². The van der Waals surface area contributed by atoms with Crippen LogP contribution in [0.2, 0.25) is 5.02 Å². The third-order valence-electron chi connectivity index (χ3n) is 3.50. The summed E-state index contributed by atoms with van der Waals surface area (Å²) in [5.41, 5.74) is 0.582. The molecule has 1 N–H and O–H groups in total. The average Bonchev–Trinajstić information content (AvgIpc) is 2.64. The molecule has 3 aromatic rings. The van der Waals surface area contributed by atoms with Crippen molar-refractivity contribution in [3.8, 4) is 0 Å². The highest BCUT2D eigenvalue weighted by molar-refractivity contribution is 7.91. The number of halogens is 2. The Kier molecular flexibility index (Phi) is 5.01. The van der Waals surface area contributed by atoms with Gasteiger partial charge in [-0.3, -0.25) is 4.79 Å². The van der Waals surface area contributed by atoms with Crippen LogP contribution in [0.4, 0.5) is 10.1 Å². The Balaban J connectivity index is 1.80. The molecule has 0 aliphatic carbocycles. The lowest BCUT2D eigenvalue weighted by molar-refractivity contribution is 0.102. The van der Waals surface area contributed by atoms with E-state index >= 15 is 0 Å². The van der Waals surface area contributed by atoms with Crippen LogP contribution in [0.25, 0.3) is 0 Å². The number of hydrogen-bond donors (Lipinski definition) is 1. The van der Waals surface area contributed by atoms with E-state index in [1.807, 2.05) is 0 Å². The molecule has 8 heteroatoms. The van der Waals surface area contributed by atoms with Crippen molar-refractivity contribution in [1.82, 2.24) is 4.98 Å². The molecular weight excluding hydrogens is 379 g/mol. The van der Waals surface area contributed by atoms with Crippen molar-refractivity contribution in [1.29, 1.82) is 0 Å². The number of anilines is 1. The minimum Gasteiger partial charge on any atom is -0.322 e. The first-order valence-corrected chi connectivity index (χ1v) is 9.26. The first-order valence-electron chi connectivity index (χ1n) is 7.40. The Bertz CT molecular complexity index is 1040. The fourth-order valence-electron chi connectivity index (χ4n) is 2.14. The van der Waals surface area contributed by atoms with Crippen molar-refractivity contribution < 1.29 is 17.6 Å². The molecule has 1 amide bonds. The molecule has 1 heterocycles. The monoisotopic (exact) mass is 390 g/mol. The molecule has 5 nitrogen and oxygen atoms in total. The van der Waals surface area contributed by atoms with Crippen LogP contribution in [0.15, 0.2) is 76.8 Å². The summed E-state index contributed by atoms with van der Waals surface area (Å²) in [5, 5.41) is 2.81. The van der Waals surface area contributed by atoms with Crippen molar-refractivity contribution in [3.63, 3.8) is 0 Å². The number of pyridine rings is 1. The third-order valence-corrected chi connectivity index (χ3v) is 5.44. The van der Waals surface area contributed by atoms with Gasteiger partial charge in [-0.15, -0.1) is 0 Å². The molecule has 0 bridgehead atoms. The van der Waals surface area contributed by atoms with Crippen LogP contribution >= 0.6 is 11.6 Å². The molecular formula is C18H12ClFN2O3S. The van der Waals surface area contributed by atoms with Gasteiger partial charge in [0.15, 0.2) is 5.03 Å². The fraction of sp³-hybridized carbons (Fsp3) is 0. The Morgan fingerprint density at radius 1 is 0.962 bits per heavy atom. The van der Waals surface area contributed by atoms with E-state index in [1.54, 1.807) is 0 Å². The molecule has 0 spiro atoms. The van der Waals surface area contributed by atoms with Gasteiger partial charge in [0.2, 0.25) is 9.84 Å². The number of carbonyl (C=O) groups is 1. The molecule has 132 valence electrons. The summed E-state index contributed by atoms with van der Waals surface area (Å²) in [5.74, 6) is -0.902. The highest BCUT2D eigenvalue weighted by Crippen LogP contribution is 2.21. The Hall–Kier alpha value is -2.77. The van der Waals surface area contributed by atoms with Crippen LogP contribution in [-0.4, -0.2) is 19.3 Å². The second kappa shape index (κ2) is 7.23. The van der Waals surface area contributed by atoms with Gasteiger partial charge in [-0.2, -0.15) is 0 Å². The standard InChI is InChI=1S/C18H12ClFN2O3S/c19-13-2-8-16(9-3-13)26(24,25)17-10-1-12(11-21-17)18(23)22-15-6-4-14(20)5-7-15/h1-11H,(H,22,23). The number of aromatic nitrogens is 1. The van der Waals surface area contributed by atoms with Crippen molar-refractivity contribution in [3.05, 3.63) is 83.3 Å². The molecule has 0 unspecified atom stereocenters. The zero-order valence-electron chi connectivity index (χ0n) is 13.2. The zero-order valence-corrected chi connectivity index (χ0v) is 14.8. The molecule has 0 fully saturated rings. The highest BCUT2D eigenvalue weighted by atomic mass is 35.5. The average molecular weight is 391 g/mol. The van der Waals surface area contributed by atoms with E-state index in [2.05, 4.69) is 10.3 Å². The number of benzene rings is 2. The summed E-state index contributed by atoms with van der Waals surface area (Å²) in [6, 6.07) is 13.6. The Morgan fingerprint density at radius 3 is 2.19 bits per heavy atom. The van der Waals surface area contributed by atoms with E-state index in [9.17, 15) is 17.6 Å². The van der Waals surface area contributed by atoms with Gasteiger partial charge in [0.25, 0.3) is 5.91 Å². The van der Waals surface area contributed by atoms with E-state index < -0.39 is 21.6 Å². The van der Waals surface area contributed by atoms with Crippen LogP contribution in [0.5, 0.6) is 0 Å². The molecule has 3 rings (SSSR count). The van der Waals surface area contributed by atoms with E-state index in [0.29, 0.717) is 10.7 Å². The lowest BCUT2D eigenvalue weighted by atomic mass is 10.2. The highest BCUT2D eigenvalue weighted by Gasteiger charge is 2.19. The maximum Gasteiger partial charge on any atom is 0.257 e. The number of nitrogens with one attached hydrogen (secondary N) is 1. The number of hydrogen-bond acceptors (Lipinski definition) is 4. The molecule has 2 aromatic carbocycles. The number of amides is 1. The Morgan fingerprint density at radius 2 is 1.62 bits per heavy atom. The molecule has 0 radical (unpaired) electrons. The summed E-state index contributed by atoms with van der Waals surface area (Å²) >= 11 is 5.76. The predicted molar refractivity (Wildman–Crippen MR) is 95.5 cm³/mol. The number of carbonyl (C=O) groups excluding carboxylic acids is 1. The molecule has 0 aliphatic rings. The van der Waals surface area contributed by atoms with Gasteiger partial charge in [-0.05, 0) is 60.7 Å². The second-order valence-corrected chi connectivity index (χ2v) is 7.64. The normalized spacial score (nSPS) is 11.2. The largest absolute Gasteiger partial charge is 0.322 e. The van der Waals surface area contributed by atoms with Gasteiger partial charge in [0, 0.05) is 16.9 Å². The fourth-order valence-corrected chi connectivity index (χ4v) is 3.45. The van der Waals surface area contributed by atoms with Crippen molar-refractivity contribution >= 4 is 33.0 Å². The lowest BCUT2D eigenvalue weighted by Gasteiger charge is -2.07. The van der Waals surface area contributed by atoms with Gasteiger partial charge >= 0.3 is 0 Å². The van der Waals surface area contributed by atoms with Gasteiger partial charge < -0.3 is 5.32 Å². The second-order valence-electron chi connectivity index (χ2n) is 5.30. The van der Waals surface area contributed by atoms with Crippen LogP contribution in [0.1, 0.15) is 10.4 Å². The molecule has 0 saturated heterocycles. The van der Waals surface area contributed by atoms with Crippen molar-refractivity contribution in [2.45, 2.75) is 9.92 Å². The molecule has 26 heavy (non-hydrogen) atoms. The number of nitrogens with zero attached hydrogens (tertiary/aromatic N) is 1. The van der Waals surface area contributed by atoms with E-state index in [0.717, 1.165) is 0 Å². The van der Waals surface area contributed by atoms with Gasteiger partial charge in [-0.1, -0.05) is 11.6 Å². The van der Waals surface area contributed by atoms with Crippen LogP contribution in [-0.2, 0) is 9.84 Å². The van der Waals surface area contributed by atoms with E-state index in [-0.39, 0.29) is 15.5 Å². The smallest absolute Gasteiger partial charge is 0.257 e. The third kappa shape index (κ3) is 3.89. The van der Waals surface area contributed by atoms with Crippen LogP contribution in [0.3, 0.4) is 0 Å². The Labute approximate surface area is 154 Å². The SMILES string of the molecule is O=C(Nc1ccc(F)cc1)c1ccc(S(=O)(=O)c2ccc(Cl)cc2)nc1.